The number of carbonyl (C=O) groups is 2. The van der Waals surface area contributed by atoms with E-state index in [1.54, 1.807) is 11.3 Å². The zero-order valence-corrected chi connectivity index (χ0v) is 14.6. The highest BCUT2D eigenvalue weighted by Crippen LogP contribution is 2.28. The number of fused-ring (bicyclic) bond motifs is 1. The Morgan fingerprint density at radius 2 is 1.88 bits per heavy atom. The van der Waals surface area contributed by atoms with Crippen LogP contribution in [0.25, 0.3) is 16.2 Å². The molecule has 1 aliphatic carbocycles. The van der Waals surface area contributed by atoms with Gasteiger partial charge in [0.2, 0.25) is 5.91 Å². The van der Waals surface area contributed by atoms with Crippen LogP contribution in [0.4, 0.5) is 5.69 Å². The molecule has 0 spiro atoms. The fourth-order valence-electron chi connectivity index (χ4n) is 3.20. The highest BCUT2D eigenvalue weighted by molar-refractivity contribution is 7.15. The Hall–Kier alpha value is -2.93. The maximum Gasteiger partial charge on any atom is 0.307 e. The average Bonchev–Trinajstić information content (AvgIpc) is 3.24. The van der Waals surface area contributed by atoms with Crippen molar-refractivity contribution in [3.63, 3.8) is 0 Å². The van der Waals surface area contributed by atoms with Crippen LogP contribution in [0, 0.1) is 11.8 Å². The van der Waals surface area contributed by atoms with Crippen molar-refractivity contribution in [2.24, 2.45) is 11.8 Å². The van der Waals surface area contributed by atoms with Gasteiger partial charge in [-0.1, -0.05) is 24.3 Å². The summed E-state index contributed by atoms with van der Waals surface area (Å²) in [4.78, 5) is 29.3. The molecule has 132 valence electrons. The van der Waals surface area contributed by atoms with Gasteiger partial charge in [-0.05, 0) is 25.0 Å². The fourth-order valence-corrected chi connectivity index (χ4v) is 3.90. The minimum atomic E-state index is -0.926. The molecule has 0 aliphatic heterocycles. The van der Waals surface area contributed by atoms with Gasteiger partial charge in [0.15, 0.2) is 4.96 Å². The molecule has 0 radical (unpaired) electrons. The third kappa shape index (κ3) is 3.13. The van der Waals surface area contributed by atoms with Gasteiger partial charge in [0.25, 0.3) is 0 Å². The first-order chi connectivity index (χ1) is 12.6. The van der Waals surface area contributed by atoms with Crippen molar-refractivity contribution < 1.29 is 14.7 Å². The first kappa shape index (κ1) is 16.5. The molecule has 6 nitrogen and oxygen atoms in total. The largest absolute Gasteiger partial charge is 0.481 e. The van der Waals surface area contributed by atoms with Crippen LogP contribution in [0.15, 0.2) is 54.2 Å². The SMILES string of the molecule is O=C(O)[C@@H]1CC=CC[C@H]1C(=O)Nc1ccc(-c2cn3ccsc3n2)cc1. The lowest BCUT2D eigenvalue weighted by Gasteiger charge is -2.24. The van der Waals surface area contributed by atoms with Crippen molar-refractivity contribution in [3.8, 4) is 11.3 Å². The van der Waals surface area contributed by atoms with E-state index < -0.39 is 17.8 Å². The molecule has 2 N–H and O–H groups in total. The molecule has 4 rings (SSSR count). The van der Waals surface area contributed by atoms with Gasteiger partial charge in [0.05, 0.1) is 17.5 Å². The molecule has 7 heteroatoms. The fraction of sp³-hybridized carbons (Fsp3) is 0.211. The summed E-state index contributed by atoms with van der Waals surface area (Å²) >= 11 is 1.57. The van der Waals surface area contributed by atoms with E-state index in [0.29, 0.717) is 18.5 Å². The Labute approximate surface area is 153 Å². The van der Waals surface area contributed by atoms with Crippen LogP contribution >= 0.6 is 11.3 Å². The third-order valence-electron chi connectivity index (χ3n) is 4.63. The molecule has 0 unspecified atom stereocenters. The number of nitrogens with zero attached hydrogens (tertiary/aromatic N) is 2. The molecule has 2 heterocycles. The van der Waals surface area contributed by atoms with Crippen LogP contribution in [-0.4, -0.2) is 26.4 Å². The summed E-state index contributed by atoms with van der Waals surface area (Å²) < 4.78 is 1.97. The summed E-state index contributed by atoms with van der Waals surface area (Å²) in [7, 11) is 0. The number of carbonyl (C=O) groups excluding carboxylic acids is 1. The van der Waals surface area contributed by atoms with E-state index in [9.17, 15) is 14.7 Å². The van der Waals surface area contributed by atoms with Crippen LogP contribution in [-0.2, 0) is 9.59 Å². The number of thiazole rings is 1. The van der Waals surface area contributed by atoms with Crippen molar-refractivity contribution in [1.29, 1.82) is 0 Å². The lowest BCUT2D eigenvalue weighted by molar-refractivity contribution is -0.146. The second kappa shape index (κ2) is 6.76. The summed E-state index contributed by atoms with van der Waals surface area (Å²) in [6, 6.07) is 7.43. The number of aliphatic carboxylic acids is 1. The van der Waals surface area contributed by atoms with Gasteiger partial charge in [-0.3, -0.25) is 14.0 Å². The predicted molar refractivity (Wildman–Crippen MR) is 100 cm³/mol. The molecule has 3 aromatic rings. The monoisotopic (exact) mass is 367 g/mol. The topological polar surface area (TPSA) is 83.7 Å². The number of aromatic nitrogens is 2. The number of amides is 1. The van der Waals surface area contributed by atoms with E-state index >= 15 is 0 Å². The van der Waals surface area contributed by atoms with Crippen molar-refractivity contribution in [2.45, 2.75) is 12.8 Å². The van der Waals surface area contributed by atoms with Crippen LogP contribution in [0.5, 0.6) is 0 Å². The van der Waals surface area contributed by atoms with Crippen LogP contribution in [0.3, 0.4) is 0 Å². The number of benzene rings is 1. The first-order valence-corrected chi connectivity index (χ1v) is 9.21. The van der Waals surface area contributed by atoms with Crippen molar-refractivity contribution in [2.75, 3.05) is 5.32 Å². The molecular formula is C19H17N3O3S. The second-order valence-electron chi connectivity index (χ2n) is 6.28. The number of hydrogen-bond acceptors (Lipinski definition) is 4. The Kier molecular flexibility index (Phi) is 4.30. The molecule has 2 aromatic heterocycles. The lowest BCUT2D eigenvalue weighted by Crippen LogP contribution is -2.34. The number of anilines is 1. The minimum absolute atomic E-state index is 0.253. The maximum atomic E-state index is 12.5. The molecule has 1 aromatic carbocycles. The van der Waals surface area contributed by atoms with E-state index in [1.807, 2.05) is 58.6 Å². The molecule has 0 fully saturated rings. The smallest absolute Gasteiger partial charge is 0.307 e. The van der Waals surface area contributed by atoms with Gasteiger partial charge in [0, 0.05) is 29.0 Å². The predicted octanol–water partition coefficient (Wildman–Crippen LogP) is 3.67. The second-order valence-corrected chi connectivity index (χ2v) is 7.15. The van der Waals surface area contributed by atoms with Gasteiger partial charge < -0.3 is 10.4 Å². The number of allylic oxidation sites excluding steroid dienone is 2. The quantitative estimate of drug-likeness (QED) is 0.689. The number of rotatable bonds is 4. The molecule has 0 bridgehead atoms. The minimum Gasteiger partial charge on any atom is -0.481 e. The lowest BCUT2D eigenvalue weighted by atomic mass is 9.82. The highest BCUT2D eigenvalue weighted by Gasteiger charge is 2.33. The summed E-state index contributed by atoms with van der Waals surface area (Å²) in [6.45, 7) is 0. The number of carboxylic acid groups (broad SMARTS) is 1. The molecular weight excluding hydrogens is 350 g/mol. The zero-order valence-electron chi connectivity index (χ0n) is 13.8. The van der Waals surface area contributed by atoms with Gasteiger partial charge >= 0.3 is 5.97 Å². The van der Waals surface area contributed by atoms with Gasteiger partial charge in [-0.2, -0.15) is 0 Å². The van der Waals surface area contributed by atoms with E-state index in [1.165, 1.54) is 0 Å². The van der Waals surface area contributed by atoms with Crippen molar-refractivity contribution in [1.82, 2.24) is 9.38 Å². The van der Waals surface area contributed by atoms with Gasteiger partial charge in [-0.15, -0.1) is 11.3 Å². The molecule has 1 amide bonds. The molecule has 26 heavy (non-hydrogen) atoms. The standard InChI is InChI=1S/C19H17N3O3S/c23-17(14-3-1-2-4-15(14)18(24)25)20-13-7-5-12(6-8-13)16-11-22-9-10-26-19(22)21-16/h1-2,5-11,14-15H,3-4H2,(H,20,23)(H,24,25)/t14-,15-/m1/s1. The molecule has 0 saturated heterocycles. The Morgan fingerprint density at radius 1 is 1.15 bits per heavy atom. The average molecular weight is 367 g/mol. The molecule has 0 saturated carbocycles. The summed E-state index contributed by atoms with van der Waals surface area (Å²) in [5.41, 5.74) is 2.49. The van der Waals surface area contributed by atoms with Crippen LogP contribution in [0.1, 0.15) is 12.8 Å². The maximum absolute atomic E-state index is 12.5. The summed E-state index contributed by atoms with van der Waals surface area (Å²) in [5, 5.41) is 14.1. The third-order valence-corrected chi connectivity index (χ3v) is 5.40. The van der Waals surface area contributed by atoms with Gasteiger partial charge in [0.1, 0.15) is 0 Å². The number of nitrogens with one attached hydrogen (secondary N) is 1. The molecule has 2 atom stereocenters. The van der Waals surface area contributed by atoms with Crippen LogP contribution in [0.2, 0.25) is 0 Å². The van der Waals surface area contributed by atoms with E-state index in [0.717, 1.165) is 16.2 Å². The Balaban J connectivity index is 1.48. The van der Waals surface area contributed by atoms with Crippen molar-refractivity contribution >= 4 is 33.9 Å². The highest BCUT2D eigenvalue weighted by atomic mass is 32.1. The van der Waals surface area contributed by atoms with E-state index in [4.69, 9.17) is 0 Å². The number of imidazole rings is 1. The molecule has 1 aliphatic rings. The first-order valence-electron chi connectivity index (χ1n) is 8.33. The van der Waals surface area contributed by atoms with E-state index in [2.05, 4.69) is 10.3 Å². The number of hydrogen-bond donors (Lipinski definition) is 2. The summed E-state index contributed by atoms with van der Waals surface area (Å²) in [6.07, 6.45) is 8.47. The van der Waals surface area contributed by atoms with Crippen LogP contribution < -0.4 is 5.32 Å². The normalized spacial score (nSPS) is 19.5. The zero-order chi connectivity index (χ0) is 18.1. The van der Waals surface area contributed by atoms with Gasteiger partial charge in [-0.25, -0.2) is 4.98 Å². The number of carboxylic acids is 1. The van der Waals surface area contributed by atoms with E-state index in [-0.39, 0.29) is 5.91 Å². The van der Waals surface area contributed by atoms with Crippen molar-refractivity contribution in [3.05, 3.63) is 54.2 Å². The Morgan fingerprint density at radius 3 is 2.58 bits per heavy atom. The Bertz CT molecular complexity index is 959. The summed E-state index contributed by atoms with van der Waals surface area (Å²) in [5.74, 6) is -2.39.